The van der Waals surface area contributed by atoms with Gasteiger partial charge in [-0.1, -0.05) is 127 Å². The molecule has 6 nitrogen and oxygen atoms in total. The highest BCUT2D eigenvalue weighted by Gasteiger charge is 2.09. The van der Waals surface area contributed by atoms with E-state index in [2.05, 4.69) is 43.7 Å². The van der Waals surface area contributed by atoms with Crippen LogP contribution in [0.15, 0.2) is 174 Å². The van der Waals surface area contributed by atoms with Gasteiger partial charge in [0.25, 0.3) is 0 Å². The van der Waals surface area contributed by atoms with E-state index in [1.54, 1.807) is 11.9 Å². The molecular formula is C38H29ClN6S2. The van der Waals surface area contributed by atoms with Crippen LogP contribution >= 0.6 is 35.5 Å². The smallest absolute Gasteiger partial charge is 0.224 e. The van der Waals surface area contributed by atoms with Crippen LogP contribution in [-0.2, 0) is 0 Å². The van der Waals surface area contributed by atoms with Crippen molar-refractivity contribution in [2.24, 2.45) is 0 Å². The number of nitrogens with zero attached hydrogens (tertiary/aromatic N) is 4. The van der Waals surface area contributed by atoms with Crippen molar-refractivity contribution >= 4 is 47.1 Å². The lowest BCUT2D eigenvalue weighted by Gasteiger charge is -2.10. The topological polar surface area (TPSA) is 75.6 Å². The predicted octanol–water partition coefficient (Wildman–Crippen LogP) is 10.8. The highest BCUT2D eigenvalue weighted by atomic mass is 35.5. The molecule has 0 aliphatic rings. The first-order valence-corrected chi connectivity index (χ1v) is 16.8. The van der Waals surface area contributed by atoms with E-state index < -0.39 is 0 Å². The Kier molecular flexibility index (Phi) is 11.1. The first-order valence-electron chi connectivity index (χ1n) is 14.8. The van der Waals surface area contributed by atoms with Crippen LogP contribution in [0.4, 0.5) is 11.6 Å². The number of benzene rings is 5. The summed E-state index contributed by atoms with van der Waals surface area (Å²) in [4.78, 5) is 20.2. The molecular weight excluding hydrogens is 640 g/mol. The number of halogens is 1. The van der Waals surface area contributed by atoms with E-state index >= 15 is 0 Å². The second-order valence-corrected chi connectivity index (χ2v) is 12.1. The van der Waals surface area contributed by atoms with E-state index in [9.17, 15) is 0 Å². The van der Waals surface area contributed by atoms with Gasteiger partial charge in [0.1, 0.15) is 11.6 Å². The maximum atomic E-state index is 6.01. The van der Waals surface area contributed by atoms with Gasteiger partial charge in [-0.15, -0.1) is 0 Å². The minimum Gasteiger partial charge on any atom is -0.310 e. The molecule has 0 saturated heterocycles. The average Bonchev–Trinajstić information content (AvgIpc) is 3.15. The van der Waals surface area contributed by atoms with E-state index in [1.807, 2.05) is 140 Å². The van der Waals surface area contributed by atoms with Crippen molar-refractivity contribution in [3.63, 3.8) is 0 Å². The molecule has 2 heterocycles. The molecule has 0 unspecified atom stereocenters. The van der Waals surface area contributed by atoms with Crippen LogP contribution in [0.3, 0.4) is 0 Å². The maximum Gasteiger partial charge on any atom is 0.224 e. The lowest BCUT2D eigenvalue weighted by Crippen LogP contribution is -1.98. The fraction of sp³-hybridized carbons (Fsp3) is 0. The van der Waals surface area contributed by atoms with Crippen LogP contribution in [-0.4, -0.2) is 19.9 Å². The second-order valence-electron chi connectivity index (χ2n) is 10.0. The number of nitrogens with one attached hydrogen (secondary N) is 2. The molecule has 0 bridgehead atoms. The van der Waals surface area contributed by atoms with Crippen molar-refractivity contribution in [1.29, 1.82) is 0 Å². The highest BCUT2D eigenvalue weighted by molar-refractivity contribution is 8.00. The van der Waals surface area contributed by atoms with E-state index in [-0.39, 0.29) is 5.28 Å². The van der Waals surface area contributed by atoms with Gasteiger partial charge in [0.2, 0.25) is 5.28 Å². The van der Waals surface area contributed by atoms with Crippen molar-refractivity contribution in [3.05, 3.63) is 169 Å². The molecule has 7 rings (SSSR count). The summed E-state index contributed by atoms with van der Waals surface area (Å²) in [5.41, 5.74) is 4.77. The summed E-state index contributed by atoms with van der Waals surface area (Å²) in [5.74, 6) is 2.18. The predicted molar refractivity (Wildman–Crippen MR) is 197 cm³/mol. The lowest BCUT2D eigenvalue weighted by atomic mass is 10.1. The zero-order chi connectivity index (χ0) is 32.1. The SMILES string of the molecule is Clc1nc(NSc2ccccc2)cc(-c2ccccc2)n1.c1ccc(SNc2cc(-c3ccccc3)nc(-c3ccccc3)n2)cc1. The van der Waals surface area contributed by atoms with E-state index in [1.165, 1.54) is 11.9 Å². The molecule has 230 valence electrons. The Hall–Kier alpha value is -5.15. The molecule has 0 radical (unpaired) electrons. The average molecular weight is 669 g/mol. The van der Waals surface area contributed by atoms with Crippen LogP contribution in [0, 0.1) is 0 Å². The summed E-state index contributed by atoms with van der Waals surface area (Å²) in [6, 6.07) is 54.2. The first kappa shape index (κ1) is 31.8. The zero-order valence-electron chi connectivity index (χ0n) is 25.1. The Morgan fingerprint density at radius 1 is 0.404 bits per heavy atom. The van der Waals surface area contributed by atoms with Gasteiger partial charge in [0.05, 0.1) is 11.4 Å². The molecule has 9 heteroatoms. The second kappa shape index (κ2) is 16.4. The van der Waals surface area contributed by atoms with Gasteiger partial charge in [-0.3, -0.25) is 0 Å². The standard InChI is InChI=1S/C22H17N3S.C16H12ClN3S/c1-4-10-17(11-5-1)20-16-21(25-26-19-14-8-3-9-15-19)24-22(23-20)18-12-6-2-7-13-18;17-16-18-14(12-7-3-1-4-8-12)11-15(19-16)20-21-13-9-5-2-6-10-13/h1-16H,(H,23,24,25);1-11H,(H,18,19,20). The Bertz CT molecular complexity index is 1930. The fourth-order valence-electron chi connectivity index (χ4n) is 4.40. The maximum absolute atomic E-state index is 6.01. The van der Waals surface area contributed by atoms with Crippen LogP contribution in [0.1, 0.15) is 0 Å². The third kappa shape index (κ3) is 9.43. The Morgan fingerprint density at radius 2 is 0.787 bits per heavy atom. The summed E-state index contributed by atoms with van der Waals surface area (Å²) < 4.78 is 6.54. The Balaban J connectivity index is 0.000000168. The van der Waals surface area contributed by atoms with Gasteiger partial charge in [-0.25, -0.2) is 15.0 Å². The van der Waals surface area contributed by atoms with Crippen LogP contribution in [0.2, 0.25) is 5.28 Å². The van der Waals surface area contributed by atoms with Crippen molar-refractivity contribution in [2.75, 3.05) is 9.44 Å². The molecule has 2 aromatic heterocycles. The van der Waals surface area contributed by atoms with E-state index in [0.29, 0.717) is 11.6 Å². The van der Waals surface area contributed by atoms with Crippen LogP contribution in [0.25, 0.3) is 33.9 Å². The summed E-state index contributed by atoms with van der Waals surface area (Å²) in [6.07, 6.45) is 0. The molecule has 0 spiro atoms. The summed E-state index contributed by atoms with van der Waals surface area (Å²) in [5, 5.41) is 0.229. The summed E-state index contributed by atoms with van der Waals surface area (Å²) in [7, 11) is 0. The number of aromatic nitrogens is 4. The minimum absolute atomic E-state index is 0.229. The van der Waals surface area contributed by atoms with Gasteiger partial charge < -0.3 is 9.44 Å². The molecule has 5 aromatic carbocycles. The van der Waals surface area contributed by atoms with Gasteiger partial charge in [0, 0.05) is 38.6 Å². The first-order chi connectivity index (χ1) is 23.2. The Labute approximate surface area is 288 Å². The van der Waals surface area contributed by atoms with Crippen molar-refractivity contribution in [3.8, 4) is 33.9 Å². The fourth-order valence-corrected chi connectivity index (χ4v) is 5.82. The molecule has 0 aliphatic heterocycles. The number of hydrogen-bond acceptors (Lipinski definition) is 8. The van der Waals surface area contributed by atoms with Gasteiger partial charge >= 0.3 is 0 Å². The summed E-state index contributed by atoms with van der Waals surface area (Å²) >= 11 is 9.04. The minimum atomic E-state index is 0.229. The largest absolute Gasteiger partial charge is 0.310 e. The third-order valence-electron chi connectivity index (χ3n) is 6.63. The van der Waals surface area contributed by atoms with E-state index in [4.69, 9.17) is 21.6 Å². The highest BCUT2D eigenvalue weighted by Crippen LogP contribution is 2.28. The third-order valence-corrected chi connectivity index (χ3v) is 8.44. The molecule has 0 amide bonds. The van der Waals surface area contributed by atoms with Gasteiger partial charge in [0.15, 0.2) is 5.82 Å². The Morgan fingerprint density at radius 3 is 1.26 bits per heavy atom. The van der Waals surface area contributed by atoms with Crippen LogP contribution < -0.4 is 9.44 Å². The molecule has 2 N–H and O–H groups in total. The molecule has 0 saturated carbocycles. The van der Waals surface area contributed by atoms with Crippen molar-refractivity contribution in [1.82, 2.24) is 19.9 Å². The number of hydrogen-bond donors (Lipinski definition) is 2. The van der Waals surface area contributed by atoms with Crippen LogP contribution in [0.5, 0.6) is 0 Å². The lowest BCUT2D eigenvalue weighted by molar-refractivity contribution is 1.18. The number of rotatable bonds is 9. The monoisotopic (exact) mass is 668 g/mol. The number of anilines is 2. The molecule has 7 aromatic rings. The van der Waals surface area contributed by atoms with Crippen molar-refractivity contribution < 1.29 is 0 Å². The van der Waals surface area contributed by atoms with E-state index in [0.717, 1.165) is 43.7 Å². The normalized spacial score (nSPS) is 10.4. The van der Waals surface area contributed by atoms with Gasteiger partial charge in [-0.05, 0) is 59.8 Å². The zero-order valence-corrected chi connectivity index (χ0v) is 27.5. The molecule has 0 fully saturated rings. The molecule has 0 aliphatic carbocycles. The quantitative estimate of drug-likeness (QED) is 0.116. The van der Waals surface area contributed by atoms with Crippen molar-refractivity contribution in [2.45, 2.75) is 9.79 Å². The summed E-state index contributed by atoms with van der Waals surface area (Å²) in [6.45, 7) is 0. The van der Waals surface area contributed by atoms with Gasteiger partial charge in [-0.2, -0.15) is 4.98 Å². The molecule has 47 heavy (non-hydrogen) atoms. The molecule has 0 atom stereocenters.